The first-order chi connectivity index (χ1) is 9.32. The lowest BCUT2D eigenvalue weighted by atomic mass is 9.92. The number of hydrogen-bond acceptors (Lipinski definition) is 3. The lowest BCUT2D eigenvalue weighted by molar-refractivity contribution is 0.104. The van der Waals surface area contributed by atoms with Gasteiger partial charge in [-0.15, -0.1) is 0 Å². The van der Waals surface area contributed by atoms with Crippen molar-refractivity contribution in [1.29, 1.82) is 0 Å². The number of likely N-dealkylation sites (N-methyl/N-ethyl adjacent to an activating group) is 1. The van der Waals surface area contributed by atoms with Gasteiger partial charge in [0.25, 0.3) is 0 Å². The fraction of sp³-hybridized carbons (Fsp3) is 0.647. The van der Waals surface area contributed by atoms with Gasteiger partial charge in [-0.1, -0.05) is 32.0 Å². The summed E-state index contributed by atoms with van der Waals surface area (Å²) in [5.41, 5.74) is 3.50. The molecule has 0 fully saturated rings. The van der Waals surface area contributed by atoms with Gasteiger partial charge in [0, 0.05) is 19.1 Å². The third-order valence-electron chi connectivity index (χ3n) is 3.87. The highest BCUT2D eigenvalue weighted by Gasteiger charge is 2.23. The van der Waals surface area contributed by atoms with Gasteiger partial charge in [0.15, 0.2) is 0 Å². The van der Waals surface area contributed by atoms with Crippen LogP contribution >= 0.6 is 0 Å². The fourth-order valence-electron chi connectivity index (χ4n) is 2.32. The third-order valence-corrected chi connectivity index (χ3v) is 3.87. The Bertz CT molecular complexity index is 415. The molecule has 0 aliphatic heterocycles. The van der Waals surface area contributed by atoms with Crippen LogP contribution in [0.2, 0.25) is 0 Å². The van der Waals surface area contributed by atoms with E-state index in [1.807, 2.05) is 6.07 Å². The highest BCUT2D eigenvalue weighted by Crippen LogP contribution is 2.23. The minimum Gasteiger partial charge on any atom is -0.387 e. The molecule has 114 valence electrons. The van der Waals surface area contributed by atoms with E-state index in [0.29, 0.717) is 5.92 Å². The summed E-state index contributed by atoms with van der Waals surface area (Å²) in [7, 11) is 4.12. The molecule has 2 N–H and O–H groups in total. The van der Waals surface area contributed by atoms with E-state index in [4.69, 9.17) is 0 Å². The predicted octanol–water partition coefficient (Wildman–Crippen LogP) is 2.51. The minimum atomic E-state index is -0.462. The van der Waals surface area contributed by atoms with E-state index in [9.17, 15) is 5.11 Å². The van der Waals surface area contributed by atoms with Crippen molar-refractivity contribution in [3.63, 3.8) is 0 Å². The van der Waals surface area contributed by atoms with Crippen LogP contribution in [0.4, 0.5) is 0 Å². The van der Waals surface area contributed by atoms with Crippen LogP contribution in [-0.4, -0.2) is 43.2 Å². The Kier molecular flexibility index (Phi) is 6.66. The molecule has 20 heavy (non-hydrogen) atoms. The quantitative estimate of drug-likeness (QED) is 0.804. The molecule has 2 atom stereocenters. The summed E-state index contributed by atoms with van der Waals surface area (Å²) < 4.78 is 0. The molecule has 0 aliphatic carbocycles. The van der Waals surface area contributed by atoms with Crippen LogP contribution in [0.3, 0.4) is 0 Å². The Morgan fingerprint density at radius 3 is 2.30 bits per heavy atom. The largest absolute Gasteiger partial charge is 0.387 e. The maximum Gasteiger partial charge on any atom is 0.0945 e. The van der Waals surface area contributed by atoms with Crippen molar-refractivity contribution >= 4 is 0 Å². The number of aliphatic hydroxyl groups is 1. The van der Waals surface area contributed by atoms with Gasteiger partial charge in [0.2, 0.25) is 0 Å². The Morgan fingerprint density at radius 1 is 1.15 bits per heavy atom. The summed E-state index contributed by atoms with van der Waals surface area (Å²) in [4.78, 5) is 2.15. The number of aryl methyl sites for hydroxylation is 2. The first kappa shape index (κ1) is 17.2. The van der Waals surface area contributed by atoms with E-state index < -0.39 is 6.10 Å². The molecule has 0 saturated carbocycles. The molecule has 0 radical (unpaired) electrons. The van der Waals surface area contributed by atoms with Gasteiger partial charge < -0.3 is 15.3 Å². The number of rotatable bonds is 7. The van der Waals surface area contributed by atoms with Crippen molar-refractivity contribution in [2.45, 2.75) is 39.8 Å². The number of benzene rings is 1. The summed E-state index contributed by atoms with van der Waals surface area (Å²) in [5.74, 6) is 0.383. The predicted molar refractivity (Wildman–Crippen MR) is 86.1 cm³/mol. The van der Waals surface area contributed by atoms with E-state index in [0.717, 1.165) is 18.7 Å². The number of hydrogen-bond donors (Lipinski definition) is 2. The van der Waals surface area contributed by atoms with Crippen molar-refractivity contribution in [3.8, 4) is 0 Å². The van der Waals surface area contributed by atoms with E-state index >= 15 is 0 Å². The third kappa shape index (κ3) is 4.89. The molecule has 0 bridgehead atoms. The average Bonchev–Trinajstić information content (AvgIpc) is 2.36. The molecule has 0 spiro atoms. The summed E-state index contributed by atoms with van der Waals surface area (Å²) >= 11 is 0. The zero-order chi connectivity index (χ0) is 15.3. The lowest BCUT2D eigenvalue weighted by Crippen LogP contribution is -2.42. The minimum absolute atomic E-state index is 0.0806. The zero-order valence-corrected chi connectivity index (χ0v) is 13.8. The van der Waals surface area contributed by atoms with Crippen LogP contribution in [-0.2, 0) is 0 Å². The van der Waals surface area contributed by atoms with Gasteiger partial charge in [-0.3, -0.25) is 0 Å². The first-order valence-electron chi connectivity index (χ1n) is 7.46. The molecule has 1 rings (SSSR count). The topological polar surface area (TPSA) is 35.5 Å². The van der Waals surface area contributed by atoms with Crippen molar-refractivity contribution in [3.05, 3.63) is 34.9 Å². The van der Waals surface area contributed by atoms with Crippen LogP contribution in [0.1, 0.15) is 36.6 Å². The maximum absolute atomic E-state index is 10.7. The monoisotopic (exact) mass is 278 g/mol. The molecule has 0 aromatic heterocycles. The molecule has 0 heterocycles. The molecule has 3 nitrogen and oxygen atoms in total. The molecular weight excluding hydrogens is 248 g/mol. The summed E-state index contributed by atoms with van der Waals surface area (Å²) in [6, 6.07) is 6.31. The molecule has 0 saturated heterocycles. The normalized spacial score (nSPS) is 14.8. The van der Waals surface area contributed by atoms with Gasteiger partial charge >= 0.3 is 0 Å². The standard InChI is InChI=1S/C17H30N2O/c1-12(2)16(18-9-10-19(5)6)17(20)15-8-7-13(3)14(4)11-15/h7-8,11-12,16-18,20H,9-10H2,1-6H3. The van der Waals surface area contributed by atoms with E-state index in [-0.39, 0.29) is 6.04 Å². The SMILES string of the molecule is Cc1ccc(C(O)C(NCCN(C)C)C(C)C)cc1C. The number of nitrogens with one attached hydrogen (secondary N) is 1. The fourth-order valence-corrected chi connectivity index (χ4v) is 2.32. The Hall–Kier alpha value is -0.900. The second kappa shape index (κ2) is 7.77. The average molecular weight is 278 g/mol. The van der Waals surface area contributed by atoms with Crippen LogP contribution < -0.4 is 5.32 Å². The van der Waals surface area contributed by atoms with Gasteiger partial charge in [0.1, 0.15) is 0 Å². The van der Waals surface area contributed by atoms with Crippen LogP contribution in [0.25, 0.3) is 0 Å². The number of aliphatic hydroxyl groups excluding tert-OH is 1. The van der Waals surface area contributed by atoms with E-state index in [1.165, 1.54) is 11.1 Å². The zero-order valence-electron chi connectivity index (χ0n) is 13.8. The van der Waals surface area contributed by atoms with Gasteiger partial charge in [-0.2, -0.15) is 0 Å². The molecule has 0 amide bonds. The van der Waals surface area contributed by atoms with E-state index in [2.05, 4.69) is 64.1 Å². The lowest BCUT2D eigenvalue weighted by Gasteiger charge is -2.29. The maximum atomic E-state index is 10.7. The van der Waals surface area contributed by atoms with Crippen LogP contribution in [0.5, 0.6) is 0 Å². The second-order valence-electron chi connectivity index (χ2n) is 6.32. The Morgan fingerprint density at radius 2 is 1.80 bits per heavy atom. The van der Waals surface area contributed by atoms with Crippen molar-refractivity contribution in [1.82, 2.24) is 10.2 Å². The smallest absolute Gasteiger partial charge is 0.0945 e. The van der Waals surface area contributed by atoms with Crippen LogP contribution in [0, 0.1) is 19.8 Å². The Balaban J connectivity index is 2.77. The van der Waals surface area contributed by atoms with Gasteiger partial charge in [-0.05, 0) is 50.6 Å². The van der Waals surface area contributed by atoms with E-state index in [1.54, 1.807) is 0 Å². The molecule has 1 aromatic rings. The molecule has 2 unspecified atom stereocenters. The van der Waals surface area contributed by atoms with Crippen molar-refractivity contribution in [2.75, 3.05) is 27.2 Å². The second-order valence-corrected chi connectivity index (χ2v) is 6.32. The summed E-state index contributed by atoms with van der Waals surface area (Å²) in [6.07, 6.45) is -0.462. The highest BCUT2D eigenvalue weighted by atomic mass is 16.3. The van der Waals surface area contributed by atoms with Gasteiger partial charge in [-0.25, -0.2) is 0 Å². The van der Waals surface area contributed by atoms with Crippen molar-refractivity contribution < 1.29 is 5.11 Å². The first-order valence-corrected chi connectivity index (χ1v) is 7.46. The molecule has 3 heteroatoms. The summed E-state index contributed by atoms with van der Waals surface area (Å²) in [5, 5.41) is 14.1. The van der Waals surface area contributed by atoms with Crippen LogP contribution in [0.15, 0.2) is 18.2 Å². The number of nitrogens with zero attached hydrogens (tertiary/aromatic N) is 1. The molecule has 0 aliphatic rings. The van der Waals surface area contributed by atoms with Gasteiger partial charge in [0.05, 0.1) is 6.10 Å². The molecule has 1 aromatic carbocycles. The highest BCUT2D eigenvalue weighted by molar-refractivity contribution is 5.31. The Labute approximate surface area is 124 Å². The summed E-state index contributed by atoms with van der Waals surface area (Å²) in [6.45, 7) is 10.4. The molecular formula is C17H30N2O. The van der Waals surface area contributed by atoms with Crippen molar-refractivity contribution in [2.24, 2.45) is 5.92 Å².